The molecule has 2 nitrogen and oxygen atoms in total. The Morgan fingerprint density at radius 2 is 2.11 bits per heavy atom. The molecule has 1 aliphatic rings. The number of hydrogen-bond donors (Lipinski definition) is 0. The molecule has 0 saturated heterocycles. The molecule has 0 unspecified atom stereocenters. The zero-order valence-corrected chi connectivity index (χ0v) is 11.0. The molecule has 19 heavy (non-hydrogen) atoms. The average Bonchev–Trinajstić information content (AvgIpc) is 2.31. The molecule has 1 fully saturated rings. The number of benzene rings is 1. The summed E-state index contributed by atoms with van der Waals surface area (Å²) in [6, 6.07) is 3.21. The quantitative estimate of drug-likeness (QED) is 0.791. The maximum Gasteiger partial charge on any atom is 0.137 e. The van der Waals surface area contributed by atoms with Crippen LogP contribution in [0.2, 0.25) is 0 Å². The topological polar surface area (TPSA) is 26.3 Å². The van der Waals surface area contributed by atoms with Crippen LogP contribution in [0.4, 0.5) is 8.78 Å². The van der Waals surface area contributed by atoms with Gasteiger partial charge in [0.2, 0.25) is 0 Å². The fourth-order valence-corrected chi connectivity index (χ4v) is 2.50. The lowest BCUT2D eigenvalue weighted by Gasteiger charge is -2.34. The Balaban J connectivity index is 1.80. The monoisotopic (exact) mass is 268 g/mol. The minimum absolute atomic E-state index is 0.0284. The van der Waals surface area contributed by atoms with Crippen LogP contribution in [0.3, 0.4) is 0 Å². The van der Waals surface area contributed by atoms with Gasteiger partial charge in [0.25, 0.3) is 0 Å². The molecule has 0 spiro atoms. The SMILES string of the molecule is CCOC1CC(CC(=O)Cc2cc(F)ccc2F)C1. The summed E-state index contributed by atoms with van der Waals surface area (Å²) in [6.07, 6.45) is 2.46. The molecule has 104 valence electrons. The normalized spacial score (nSPS) is 22.1. The van der Waals surface area contributed by atoms with E-state index in [0.717, 1.165) is 31.0 Å². The molecule has 0 amide bonds. The van der Waals surface area contributed by atoms with E-state index in [1.54, 1.807) is 0 Å². The molecule has 4 heteroatoms. The van der Waals surface area contributed by atoms with Crippen LogP contribution in [0.15, 0.2) is 18.2 Å². The third-order valence-electron chi connectivity index (χ3n) is 3.51. The van der Waals surface area contributed by atoms with Crippen molar-refractivity contribution in [2.45, 2.75) is 38.7 Å². The Bertz CT molecular complexity index is 453. The standard InChI is InChI=1S/C15H18F2O2/c1-2-19-14-6-10(7-14)5-13(18)9-11-8-12(16)3-4-15(11)17/h3-4,8,10,14H,2,5-7,9H2,1H3. The van der Waals surface area contributed by atoms with Gasteiger partial charge in [-0.15, -0.1) is 0 Å². The fraction of sp³-hybridized carbons (Fsp3) is 0.533. The third kappa shape index (κ3) is 3.83. The third-order valence-corrected chi connectivity index (χ3v) is 3.51. The summed E-state index contributed by atoms with van der Waals surface area (Å²) in [5.41, 5.74) is 0.144. The van der Waals surface area contributed by atoms with Crippen LogP contribution in [0.25, 0.3) is 0 Å². The summed E-state index contributed by atoms with van der Waals surface area (Å²) < 4.78 is 31.8. The number of rotatable bonds is 6. The zero-order chi connectivity index (χ0) is 13.8. The maximum atomic E-state index is 13.4. The lowest BCUT2D eigenvalue weighted by Crippen LogP contribution is -2.33. The summed E-state index contributed by atoms with van der Waals surface area (Å²) in [5, 5.41) is 0. The van der Waals surface area contributed by atoms with Crippen molar-refractivity contribution in [1.29, 1.82) is 0 Å². The molecule has 0 N–H and O–H groups in total. The van der Waals surface area contributed by atoms with E-state index in [0.29, 0.717) is 18.9 Å². The lowest BCUT2D eigenvalue weighted by molar-refractivity contribution is -0.121. The number of Topliss-reactive ketones (excluding diaryl/α,β-unsaturated/α-hetero) is 1. The molecule has 0 heterocycles. The van der Waals surface area contributed by atoms with Crippen LogP contribution in [-0.2, 0) is 16.0 Å². The summed E-state index contributed by atoms with van der Waals surface area (Å²) in [4.78, 5) is 11.8. The van der Waals surface area contributed by atoms with Gasteiger partial charge in [-0.25, -0.2) is 8.78 Å². The molecule has 1 aromatic carbocycles. The van der Waals surface area contributed by atoms with Gasteiger partial charge in [-0.3, -0.25) is 4.79 Å². The van der Waals surface area contributed by atoms with Crippen LogP contribution in [0, 0.1) is 17.6 Å². The van der Waals surface area contributed by atoms with Crippen LogP contribution in [-0.4, -0.2) is 18.5 Å². The van der Waals surface area contributed by atoms with E-state index in [4.69, 9.17) is 4.74 Å². The second-order valence-electron chi connectivity index (χ2n) is 5.07. The van der Waals surface area contributed by atoms with Gasteiger partial charge in [0.15, 0.2) is 0 Å². The van der Waals surface area contributed by atoms with Gasteiger partial charge in [0, 0.05) is 19.4 Å². The van der Waals surface area contributed by atoms with Crippen LogP contribution >= 0.6 is 0 Å². The summed E-state index contributed by atoms with van der Waals surface area (Å²) in [5.74, 6) is -0.732. The van der Waals surface area contributed by atoms with E-state index < -0.39 is 11.6 Å². The molecule has 2 rings (SSSR count). The van der Waals surface area contributed by atoms with E-state index in [1.807, 2.05) is 6.92 Å². The van der Waals surface area contributed by atoms with Crippen molar-refractivity contribution in [3.8, 4) is 0 Å². The number of ketones is 1. The summed E-state index contributed by atoms with van der Waals surface area (Å²) in [6.45, 7) is 2.64. The second kappa shape index (κ2) is 6.24. The highest BCUT2D eigenvalue weighted by atomic mass is 19.1. The van der Waals surface area contributed by atoms with E-state index in [-0.39, 0.29) is 23.9 Å². The molecule has 0 aromatic heterocycles. The van der Waals surface area contributed by atoms with Gasteiger partial charge in [-0.2, -0.15) is 0 Å². The van der Waals surface area contributed by atoms with Crippen molar-refractivity contribution >= 4 is 5.78 Å². The number of hydrogen-bond acceptors (Lipinski definition) is 2. The van der Waals surface area contributed by atoms with Crippen molar-refractivity contribution in [2.24, 2.45) is 5.92 Å². The highest BCUT2D eigenvalue weighted by Gasteiger charge is 2.31. The Kier molecular flexibility index (Phi) is 4.64. The van der Waals surface area contributed by atoms with Gasteiger partial charge in [0.1, 0.15) is 17.4 Å². The highest BCUT2D eigenvalue weighted by molar-refractivity contribution is 5.81. The van der Waals surface area contributed by atoms with Gasteiger partial charge in [-0.05, 0) is 49.4 Å². The minimum atomic E-state index is -0.518. The van der Waals surface area contributed by atoms with Gasteiger partial charge in [-0.1, -0.05) is 0 Å². The number of carbonyl (C=O) groups is 1. The van der Waals surface area contributed by atoms with Crippen molar-refractivity contribution in [1.82, 2.24) is 0 Å². The van der Waals surface area contributed by atoms with E-state index in [9.17, 15) is 13.6 Å². The summed E-state index contributed by atoms with van der Waals surface area (Å²) in [7, 11) is 0. The van der Waals surface area contributed by atoms with Gasteiger partial charge < -0.3 is 4.74 Å². The molecule has 1 aliphatic carbocycles. The maximum absolute atomic E-state index is 13.4. The predicted molar refractivity (Wildman–Crippen MR) is 67.8 cm³/mol. The first-order valence-corrected chi connectivity index (χ1v) is 6.65. The van der Waals surface area contributed by atoms with Crippen molar-refractivity contribution in [3.05, 3.63) is 35.4 Å². The Morgan fingerprint density at radius 1 is 1.37 bits per heavy atom. The molecule has 1 saturated carbocycles. The first-order chi connectivity index (χ1) is 9.08. The van der Waals surface area contributed by atoms with Crippen molar-refractivity contribution < 1.29 is 18.3 Å². The molecule has 0 bridgehead atoms. The smallest absolute Gasteiger partial charge is 0.137 e. The first kappa shape index (κ1) is 14.1. The summed E-state index contributed by atoms with van der Waals surface area (Å²) >= 11 is 0. The van der Waals surface area contributed by atoms with E-state index >= 15 is 0 Å². The van der Waals surface area contributed by atoms with Crippen LogP contribution < -0.4 is 0 Å². The van der Waals surface area contributed by atoms with Gasteiger partial charge >= 0.3 is 0 Å². The van der Waals surface area contributed by atoms with Gasteiger partial charge in [0.05, 0.1) is 6.10 Å². The van der Waals surface area contributed by atoms with Crippen LogP contribution in [0.5, 0.6) is 0 Å². The van der Waals surface area contributed by atoms with E-state index in [2.05, 4.69) is 0 Å². The molecule has 0 radical (unpaired) electrons. The van der Waals surface area contributed by atoms with Crippen molar-refractivity contribution in [2.75, 3.05) is 6.61 Å². The predicted octanol–water partition coefficient (Wildman–Crippen LogP) is 3.28. The molecular formula is C15H18F2O2. The number of ether oxygens (including phenoxy) is 1. The Hall–Kier alpha value is -1.29. The average molecular weight is 268 g/mol. The largest absolute Gasteiger partial charge is 0.378 e. The first-order valence-electron chi connectivity index (χ1n) is 6.65. The second-order valence-corrected chi connectivity index (χ2v) is 5.07. The van der Waals surface area contributed by atoms with Crippen LogP contribution in [0.1, 0.15) is 31.7 Å². The minimum Gasteiger partial charge on any atom is -0.378 e. The van der Waals surface area contributed by atoms with E-state index in [1.165, 1.54) is 0 Å². The molecule has 1 aromatic rings. The Morgan fingerprint density at radius 3 is 2.79 bits per heavy atom. The zero-order valence-electron chi connectivity index (χ0n) is 11.0. The van der Waals surface area contributed by atoms with Crippen molar-refractivity contribution in [3.63, 3.8) is 0 Å². The molecule has 0 aliphatic heterocycles. The molecule has 0 atom stereocenters. The number of halogens is 2. The molecular weight excluding hydrogens is 250 g/mol. The highest BCUT2D eigenvalue weighted by Crippen LogP contribution is 2.33. The fourth-order valence-electron chi connectivity index (χ4n) is 2.50. The Labute approximate surface area is 111 Å². The number of carbonyl (C=O) groups excluding carboxylic acids is 1. The lowest BCUT2D eigenvalue weighted by atomic mass is 9.78.